The summed E-state index contributed by atoms with van der Waals surface area (Å²) in [6, 6.07) is 0. The van der Waals surface area contributed by atoms with E-state index in [-0.39, 0.29) is 54.1 Å². The molecule has 8 aliphatic carbocycles. The van der Waals surface area contributed by atoms with Gasteiger partial charge in [-0.2, -0.15) is 0 Å². The van der Waals surface area contributed by atoms with E-state index < -0.39 is 85.0 Å². The molecule has 8 saturated carbocycles. The predicted octanol–water partition coefficient (Wildman–Crippen LogP) is 13.3. The van der Waals surface area contributed by atoms with Gasteiger partial charge in [-0.1, -0.05) is 107 Å². The van der Waals surface area contributed by atoms with Crippen molar-refractivity contribution in [1.82, 2.24) is 0 Å². The first kappa shape index (κ1) is 60.8. The van der Waals surface area contributed by atoms with E-state index in [1.807, 2.05) is 6.92 Å². The fourth-order valence-corrected chi connectivity index (χ4v) is 18.5. The van der Waals surface area contributed by atoms with Crippen LogP contribution in [0.5, 0.6) is 0 Å². The molecule has 15 unspecified atom stereocenters. The number of carbonyl (C=O) groups is 5. The van der Waals surface area contributed by atoms with Crippen molar-refractivity contribution in [2.75, 3.05) is 6.61 Å². The fraction of sp³-hybridized carbons (Fsp3) is 0.864. The third-order valence-corrected chi connectivity index (χ3v) is 23.3. The first-order valence-corrected chi connectivity index (χ1v) is 30.9. The summed E-state index contributed by atoms with van der Waals surface area (Å²) in [5.41, 5.74) is -4.99. The number of esters is 5. The van der Waals surface area contributed by atoms with Gasteiger partial charge in [-0.25, -0.2) is 4.79 Å². The van der Waals surface area contributed by atoms with Gasteiger partial charge >= 0.3 is 29.8 Å². The normalized spacial score (nSPS) is 41.2. The van der Waals surface area contributed by atoms with Gasteiger partial charge in [-0.15, -0.1) is 0 Å². The van der Waals surface area contributed by atoms with Crippen LogP contribution in [-0.2, 0) is 47.7 Å². The molecule has 15 atom stereocenters. The van der Waals surface area contributed by atoms with E-state index in [1.165, 1.54) is 5.57 Å². The van der Waals surface area contributed by atoms with Crippen LogP contribution < -0.4 is 0 Å². The highest BCUT2D eigenvalue weighted by molar-refractivity contribution is 5.84. The molecule has 78 heavy (non-hydrogen) atoms. The molecular weight excluding hydrogens is 985 g/mol. The Kier molecular flexibility index (Phi) is 16.5. The number of cyclic esters (lactones) is 1. The number of carbonyl (C=O) groups excluding carboxylic acids is 5. The summed E-state index contributed by atoms with van der Waals surface area (Å²) in [4.78, 5) is 72.1. The van der Waals surface area contributed by atoms with Crippen molar-refractivity contribution in [3.63, 3.8) is 0 Å². The molecule has 0 aromatic heterocycles. The van der Waals surface area contributed by atoms with Gasteiger partial charge in [0.25, 0.3) is 0 Å². The molecule has 0 amide bonds. The first-order chi connectivity index (χ1) is 36.0. The van der Waals surface area contributed by atoms with Gasteiger partial charge in [0.05, 0.1) is 40.5 Å². The molecule has 0 radical (unpaired) electrons. The van der Waals surface area contributed by atoms with Crippen LogP contribution in [0.1, 0.15) is 238 Å². The molecule has 440 valence electrons. The summed E-state index contributed by atoms with van der Waals surface area (Å²) < 4.78 is 31.4. The van der Waals surface area contributed by atoms with Crippen molar-refractivity contribution in [3.05, 3.63) is 24.3 Å². The van der Waals surface area contributed by atoms with Crippen molar-refractivity contribution in [2.24, 2.45) is 80.3 Å². The van der Waals surface area contributed by atoms with E-state index in [0.717, 1.165) is 63.4 Å². The quantitative estimate of drug-likeness (QED) is 0.0564. The summed E-state index contributed by atoms with van der Waals surface area (Å²) in [6.07, 6.45) is 12.6. The minimum atomic E-state index is -1.07. The predicted molar refractivity (Wildman–Crippen MR) is 300 cm³/mol. The Morgan fingerprint density at radius 3 is 1.95 bits per heavy atom. The maximum Gasteiger partial charge on any atom is 0.347 e. The third-order valence-electron chi connectivity index (χ3n) is 23.3. The van der Waals surface area contributed by atoms with Gasteiger partial charge in [0, 0.05) is 31.6 Å². The molecule has 9 aliphatic rings. The molecule has 9 rings (SSSR count). The van der Waals surface area contributed by atoms with Crippen LogP contribution in [0.3, 0.4) is 0 Å². The van der Waals surface area contributed by atoms with Crippen LogP contribution in [0.15, 0.2) is 24.3 Å². The van der Waals surface area contributed by atoms with E-state index in [9.17, 15) is 29.4 Å². The highest BCUT2D eigenvalue weighted by Crippen LogP contribution is 2.77. The topological polar surface area (TPSA) is 172 Å². The highest BCUT2D eigenvalue weighted by atomic mass is 16.6. The first-order valence-electron chi connectivity index (χ1n) is 30.9. The lowest BCUT2D eigenvalue weighted by Crippen LogP contribution is -2.61. The number of rotatable bonds is 23. The molecule has 1 saturated heterocycles. The fourth-order valence-electron chi connectivity index (χ4n) is 18.5. The largest absolute Gasteiger partial charge is 0.463 e. The molecule has 0 spiro atoms. The maximum atomic E-state index is 15.0. The van der Waals surface area contributed by atoms with Gasteiger partial charge in [0.2, 0.25) is 6.10 Å². The van der Waals surface area contributed by atoms with E-state index in [2.05, 4.69) is 96.2 Å². The lowest BCUT2D eigenvalue weighted by Gasteiger charge is -2.59. The molecule has 12 nitrogen and oxygen atoms in total. The summed E-state index contributed by atoms with van der Waals surface area (Å²) in [5.74, 6) is -1.80. The van der Waals surface area contributed by atoms with E-state index in [0.29, 0.717) is 95.3 Å². The molecule has 1 aliphatic heterocycles. The van der Waals surface area contributed by atoms with E-state index >= 15 is 4.79 Å². The second-order valence-electron chi connectivity index (χ2n) is 30.8. The van der Waals surface area contributed by atoms with Crippen molar-refractivity contribution in [2.45, 2.75) is 272 Å². The van der Waals surface area contributed by atoms with Crippen molar-refractivity contribution in [1.29, 1.82) is 0 Å². The average molecular weight is 1090 g/mol. The van der Waals surface area contributed by atoms with Gasteiger partial charge in [0.15, 0.2) is 0 Å². The van der Waals surface area contributed by atoms with Crippen LogP contribution >= 0.6 is 0 Å². The summed E-state index contributed by atoms with van der Waals surface area (Å²) in [5, 5.41) is 22.9. The Hall–Kier alpha value is -3.25. The third kappa shape index (κ3) is 11.5. The molecule has 2 N–H and O–H groups in total. The monoisotopic (exact) mass is 1090 g/mol. The van der Waals surface area contributed by atoms with Gasteiger partial charge in [-0.05, 0) is 181 Å². The number of ether oxygens (including phenoxy) is 5. The van der Waals surface area contributed by atoms with Crippen LogP contribution in [0, 0.1) is 80.3 Å². The smallest absolute Gasteiger partial charge is 0.347 e. The number of aliphatic hydroxyl groups is 2. The van der Waals surface area contributed by atoms with Gasteiger partial charge < -0.3 is 33.9 Å². The van der Waals surface area contributed by atoms with Crippen LogP contribution in [-0.4, -0.2) is 80.8 Å². The minimum absolute atomic E-state index is 0.0346. The van der Waals surface area contributed by atoms with Crippen LogP contribution in [0.25, 0.3) is 0 Å². The van der Waals surface area contributed by atoms with Crippen molar-refractivity contribution in [3.8, 4) is 0 Å². The average Bonchev–Trinajstić information content (AvgIpc) is 4.35. The number of hydrogen-bond acceptors (Lipinski definition) is 12. The summed E-state index contributed by atoms with van der Waals surface area (Å²) >= 11 is 0. The Bertz CT molecular complexity index is 2330. The number of hydrogen-bond donors (Lipinski definition) is 2. The molecule has 12 heteroatoms. The maximum absolute atomic E-state index is 15.0. The molecule has 9 fully saturated rings. The Morgan fingerprint density at radius 1 is 0.756 bits per heavy atom. The number of allylic oxidation sites excluding steroid dienone is 1. The SMILES string of the molecule is C=C1CC(C)C(C)(OC(=O)C2(C(C)C)CC2(C)C(C)(C)CC(CCC(C)(C)CC(CCC(C)C2(C(=O)OC34CC5CC(CC(O)(C5)C3)C4)CC2C)C(=O)OC2(CC)CC(=C)CC(C)(O)C2)C(=O)OC2CCOC2=O)C(CC)C1. The molecule has 4 bridgehead atoms. The molecular formula is C66H104O12. The second kappa shape index (κ2) is 21.2. The van der Waals surface area contributed by atoms with E-state index in [1.54, 1.807) is 6.92 Å². The second-order valence-corrected chi connectivity index (χ2v) is 30.8. The van der Waals surface area contributed by atoms with Crippen LogP contribution in [0.4, 0.5) is 0 Å². The Balaban J connectivity index is 1.01. The van der Waals surface area contributed by atoms with E-state index in [4.69, 9.17) is 23.7 Å². The summed E-state index contributed by atoms with van der Waals surface area (Å²) in [6.45, 7) is 38.2. The zero-order chi connectivity index (χ0) is 57.6. The minimum Gasteiger partial charge on any atom is -0.463 e. The van der Waals surface area contributed by atoms with Gasteiger partial charge in [-0.3, -0.25) is 19.2 Å². The zero-order valence-electron chi connectivity index (χ0n) is 50.9. The molecule has 1 heterocycles. The van der Waals surface area contributed by atoms with Crippen LogP contribution in [0.2, 0.25) is 0 Å². The van der Waals surface area contributed by atoms with Gasteiger partial charge in [0.1, 0.15) is 16.8 Å². The Morgan fingerprint density at radius 2 is 1.40 bits per heavy atom. The Labute approximate surface area is 469 Å². The molecule has 0 aromatic carbocycles. The van der Waals surface area contributed by atoms with Crippen molar-refractivity contribution >= 4 is 29.8 Å². The standard InChI is InChI=1S/C66H104O12/c1-17-50-26-41(5)25-44(8)61(50,16)77-56(71)66(40(3)4)38-60(66,15)58(12,13)36-49(52(67)75-51-22-24-74-54(51)69)21-23-57(10,11)35-48(53(68)76-63(18-2)29-42(6)28-59(14,72)37-63)20-19-43(7)65(30-45(65)9)55(70)78-64-33-46-27-47(34-64)32-62(73,31-46)39-64/h40,43-51,72-73H,5-6,17-39H2,1-4,7-16H3. The zero-order valence-corrected chi connectivity index (χ0v) is 50.9. The lowest BCUT2D eigenvalue weighted by molar-refractivity contribution is -0.225. The lowest BCUT2D eigenvalue weighted by atomic mass is 9.52. The summed E-state index contributed by atoms with van der Waals surface area (Å²) in [7, 11) is 0. The molecule has 0 aromatic rings. The van der Waals surface area contributed by atoms with Crippen molar-refractivity contribution < 1.29 is 57.9 Å². The highest BCUT2D eigenvalue weighted by Gasteiger charge is 2.77.